The first-order valence-electron chi connectivity index (χ1n) is 6.03. The lowest BCUT2D eigenvalue weighted by molar-refractivity contribution is 0.0697. The van der Waals surface area contributed by atoms with E-state index in [1.54, 1.807) is 18.4 Å². The van der Waals surface area contributed by atoms with E-state index >= 15 is 0 Å². The molecule has 0 aliphatic heterocycles. The van der Waals surface area contributed by atoms with Crippen LogP contribution >= 0.6 is 22.9 Å². The van der Waals surface area contributed by atoms with Crippen LogP contribution in [0.2, 0.25) is 5.02 Å². The van der Waals surface area contributed by atoms with Crippen molar-refractivity contribution in [1.29, 1.82) is 0 Å². The van der Waals surface area contributed by atoms with E-state index in [2.05, 4.69) is 5.32 Å². The number of nitrogens with one attached hydrogen (secondary N) is 1. The third kappa shape index (κ3) is 3.96. The summed E-state index contributed by atoms with van der Waals surface area (Å²) in [6.07, 6.45) is 0. The Morgan fingerprint density at radius 3 is 2.71 bits per heavy atom. The maximum atomic E-state index is 12.1. The average molecular weight is 325 g/mol. The molecule has 2 aromatic rings. The minimum atomic E-state index is -1.07. The summed E-state index contributed by atoms with van der Waals surface area (Å²) >= 11 is 7.54. The molecule has 0 saturated carbocycles. The SMILES string of the molecule is CN(Cc1ccsc1)C(=O)Nc1ccc(C(=O)O)cc1Cl. The van der Waals surface area contributed by atoms with Gasteiger partial charge < -0.3 is 15.3 Å². The monoisotopic (exact) mass is 324 g/mol. The van der Waals surface area contributed by atoms with Crippen LogP contribution in [0.15, 0.2) is 35.0 Å². The van der Waals surface area contributed by atoms with E-state index < -0.39 is 5.97 Å². The van der Waals surface area contributed by atoms with E-state index in [-0.39, 0.29) is 16.6 Å². The molecule has 0 spiro atoms. The van der Waals surface area contributed by atoms with E-state index in [9.17, 15) is 9.59 Å². The number of carboxylic acid groups (broad SMARTS) is 1. The molecule has 1 aromatic carbocycles. The van der Waals surface area contributed by atoms with Gasteiger partial charge in [-0.15, -0.1) is 0 Å². The standard InChI is InChI=1S/C14H13ClN2O3S/c1-17(7-9-4-5-21-8-9)14(20)16-12-3-2-10(13(18)19)6-11(12)15/h2-6,8H,7H2,1H3,(H,16,20)(H,18,19). The molecular weight excluding hydrogens is 312 g/mol. The Morgan fingerprint density at radius 1 is 1.38 bits per heavy atom. The molecule has 0 unspecified atom stereocenters. The van der Waals surface area contributed by atoms with Crippen LogP contribution in [0.25, 0.3) is 0 Å². The third-order valence-corrected chi connectivity index (χ3v) is 3.85. The van der Waals surface area contributed by atoms with E-state index in [1.807, 2.05) is 16.8 Å². The van der Waals surface area contributed by atoms with Crippen molar-refractivity contribution in [2.45, 2.75) is 6.54 Å². The summed E-state index contributed by atoms with van der Waals surface area (Å²) in [6, 6.07) is 5.80. The second-order valence-electron chi connectivity index (χ2n) is 4.42. The molecule has 0 bridgehead atoms. The van der Waals surface area contributed by atoms with Crippen molar-refractivity contribution in [3.63, 3.8) is 0 Å². The van der Waals surface area contributed by atoms with Crippen LogP contribution in [0.5, 0.6) is 0 Å². The van der Waals surface area contributed by atoms with Crippen molar-refractivity contribution in [2.75, 3.05) is 12.4 Å². The van der Waals surface area contributed by atoms with Gasteiger partial charge in [0, 0.05) is 13.6 Å². The summed E-state index contributed by atoms with van der Waals surface area (Å²) in [6.45, 7) is 0.486. The molecule has 0 aliphatic carbocycles. The molecule has 7 heteroatoms. The van der Waals surface area contributed by atoms with Crippen molar-refractivity contribution in [1.82, 2.24) is 4.90 Å². The number of halogens is 1. The third-order valence-electron chi connectivity index (χ3n) is 2.80. The number of hydrogen-bond donors (Lipinski definition) is 2. The fourth-order valence-corrected chi connectivity index (χ4v) is 2.58. The van der Waals surface area contributed by atoms with E-state index in [0.29, 0.717) is 12.2 Å². The molecule has 1 aromatic heterocycles. The Kier molecular flexibility index (Phi) is 4.82. The van der Waals surface area contributed by atoms with Gasteiger partial charge in [0.25, 0.3) is 0 Å². The number of amides is 2. The second-order valence-corrected chi connectivity index (χ2v) is 5.60. The van der Waals surface area contributed by atoms with Gasteiger partial charge in [0.2, 0.25) is 0 Å². The Labute approximate surface area is 130 Å². The predicted octanol–water partition coefficient (Wildman–Crippen LogP) is 3.76. The van der Waals surface area contributed by atoms with Crippen molar-refractivity contribution >= 4 is 40.6 Å². The number of rotatable bonds is 4. The van der Waals surface area contributed by atoms with Gasteiger partial charge in [-0.2, -0.15) is 11.3 Å². The van der Waals surface area contributed by atoms with E-state index in [1.165, 1.54) is 23.1 Å². The molecule has 0 aliphatic rings. The van der Waals surface area contributed by atoms with Gasteiger partial charge in [-0.1, -0.05) is 11.6 Å². The zero-order valence-corrected chi connectivity index (χ0v) is 12.7. The van der Waals surface area contributed by atoms with Gasteiger partial charge in [-0.05, 0) is 40.6 Å². The molecule has 2 N–H and O–H groups in total. The zero-order valence-electron chi connectivity index (χ0n) is 11.2. The lowest BCUT2D eigenvalue weighted by Crippen LogP contribution is -2.30. The molecule has 0 saturated heterocycles. The number of aromatic carboxylic acids is 1. The maximum absolute atomic E-state index is 12.1. The summed E-state index contributed by atoms with van der Waals surface area (Å²) in [4.78, 5) is 24.4. The van der Waals surface area contributed by atoms with Crippen LogP contribution < -0.4 is 5.32 Å². The summed E-state index contributed by atoms with van der Waals surface area (Å²) in [5.74, 6) is -1.07. The number of hydrogen-bond acceptors (Lipinski definition) is 3. The number of urea groups is 1. The van der Waals surface area contributed by atoms with Crippen LogP contribution in [-0.4, -0.2) is 29.1 Å². The van der Waals surface area contributed by atoms with E-state index in [4.69, 9.17) is 16.7 Å². The first-order chi connectivity index (χ1) is 9.97. The topological polar surface area (TPSA) is 69.6 Å². The number of benzene rings is 1. The molecule has 5 nitrogen and oxygen atoms in total. The highest BCUT2D eigenvalue weighted by Crippen LogP contribution is 2.23. The van der Waals surface area contributed by atoms with Crippen LogP contribution in [0, 0.1) is 0 Å². The van der Waals surface area contributed by atoms with Crippen LogP contribution in [0.1, 0.15) is 15.9 Å². The minimum Gasteiger partial charge on any atom is -0.478 e. The Bertz CT molecular complexity index is 658. The highest BCUT2D eigenvalue weighted by Gasteiger charge is 2.13. The lowest BCUT2D eigenvalue weighted by Gasteiger charge is -2.18. The largest absolute Gasteiger partial charge is 0.478 e. The maximum Gasteiger partial charge on any atom is 0.335 e. The van der Waals surface area contributed by atoms with Gasteiger partial charge in [0.05, 0.1) is 16.3 Å². The Hall–Kier alpha value is -2.05. The second kappa shape index (κ2) is 6.60. The van der Waals surface area contributed by atoms with Crippen LogP contribution in [0.3, 0.4) is 0 Å². The Morgan fingerprint density at radius 2 is 2.14 bits per heavy atom. The van der Waals surface area contributed by atoms with Gasteiger partial charge in [-0.3, -0.25) is 0 Å². The molecule has 0 atom stereocenters. The molecule has 1 heterocycles. The highest BCUT2D eigenvalue weighted by molar-refractivity contribution is 7.07. The number of carbonyl (C=O) groups is 2. The van der Waals surface area contributed by atoms with Gasteiger partial charge in [0.1, 0.15) is 0 Å². The Balaban J connectivity index is 2.03. The molecular formula is C14H13ClN2O3S. The van der Waals surface area contributed by atoms with Crippen LogP contribution in [-0.2, 0) is 6.54 Å². The average Bonchev–Trinajstić information content (AvgIpc) is 2.93. The summed E-state index contributed by atoms with van der Waals surface area (Å²) in [5.41, 5.74) is 1.50. The normalized spacial score (nSPS) is 10.2. The number of carboxylic acids is 1. The molecule has 0 radical (unpaired) electrons. The highest BCUT2D eigenvalue weighted by atomic mass is 35.5. The van der Waals surface area contributed by atoms with Crippen LogP contribution in [0.4, 0.5) is 10.5 Å². The summed E-state index contributed by atoms with van der Waals surface area (Å²) in [5, 5.41) is 15.6. The fourth-order valence-electron chi connectivity index (χ4n) is 1.69. The first kappa shape index (κ1) is 15.3. The predicted molar refractivity (Wildman–Crippen MR) is 83.2 cm³/mol. The lowest BCUT2D eigenvalue weighted by atomic mass is 10.2. The summed E-state index contributed by atoms with van der Waals surface area (Å²) < 4.78 is 0. The van der Waals surface area contributed by atoms with E-state index in [0.717, 1.165) is 5.56 Å². The minimum absolute atomic E-state index is 0.0737. The van der Waals surface area contributed by atoms with Crippen molar-refractivity contribution in [3.8, 4) is 0 Å². The van der Waals surface area contributed by atoms with Gasteiger partial charge in [-0.25, -0.2) is 9.59 Å². The van der Waals surface area contributed by atoms with Gasteiger partial charge >= 0.3 is 12.0 Å². The van der Waals surface area contributed by atoms with Gasteiger partial charge in [0.15, 0.2) is 0 Å². The van der Waals surface area contributed by atoms with Crippen molar-refractivity contribution in [3.05, 3.63) is 51.2 Å². The molecule has 0 fully saturated rings. The zero-order chi connectivity index (χ0) is 15.4. The molecule has 2 rings (SSSR count). The van der Waals surface area contributed by atoms with Crippen molar-refractivity contribution < 1.29 is 14.7 Å². The number of anilines is 1. The number of nitrogens with zero attached hydrogens (tertiary/aromatic N) is 1. The molecule has 2 amide bonds. The van der Waals surface area contributed by atoms with Crippen molar-refractivity contribution in [2.24, 2.45) is 0 Å². The smallest absolute Gasteiger partial charge is 0.335 e. The fraction of sp³-hybridized carbons (Fsp3) is 0.143. The molecule has 110 valence electrons. The number of thiophene rings is 1. The number of carbonyl (C=O) groups excluding carboxylic acids is 1. The summed E-state index contributed by atoms with van der Waals surface area (Å²) in [7, 11) is 1.67. The molecule has 21 heavy (non-hydrogen) atoms. The quantitative estimate of drug-likeness (QED) is 0.899. The first-order valence-corrected chi connectivity index (χ1v) is 7.35.